The predicted octanol–water partition coefficient (Wildman–Crippen LogP) is 4.86. The SMILES string of the molecule is COCCOCOC(=C(F)F)[C@@H](OC(=O)c1ccc([N+](=O)[O-])cc1)[C@@H](COC(=O)c1ccc(OC)cc1)OC(=O)c1ccc([N+](=O)[O-])cc1. The molecule has 3 rings (SSSR count). The summed E-state index contributed by atoms with van der Waals surface area (Å²) in [5.41, 5.74) is -1.40. The van der Waals surface area contributed by atoms with E-state index in [4.69, 9.17) is 33.2 Å². The number of non-ortho nitro benzene ring substituents is 2. The Morgan fingerprint density at radius 2 is 1.18 bits per heavy atom. The Kier molecular flexibility index (Phi) is 14.0. The minimum absolute atomic E-state index is 0.0177. The van der Waals surface area contributed by atoms with Gasteiger partial charge in [-0.2, -0.15) is 8.78 Å². The zero-order valence-corrected chi connectivity index (χ0v) is 25.8. The van der Waals surface area contributed by atoms with Gasteiger partial charge in [0.15, 0.2) is 12.9 Å². The maximum absolute atomic E-state index is 14.5. The summed E-state index contributed by atoms with van der Waals surface area (Å²) in [6.07, 6.45) is -6.90. The Morgan fingerprint density at radius 3 is 1.65 bits per heavy atom. The Hall–Kier alpha value is -6.01. The van der Waals surface area contributed by atoms with E-state index in [1.807, 2.05) is 0 Å². The number of hydrogen-bond donors (Lipinski definition) is 0. The van der Waals surface area contributed by atoms with Crippen molar-refractivity contribution in [2.45, 2.75) is 12.2 Å². The summed E-state index contributed by atoms with van der Waals surface area (Å²) in [6, 6.07) is 13.4. The molecule has 0 amide bonds. The number of hydrogen-bond acceptors (Lipinski definition) is 14. The van der Waals surface area contributed by atoms with Gasteiger partial charge in [-0.3, -0.25) is 20.2 Å². The molecule has 16 nitrogen and oxygen atoms in total. The lowest BCUT2D eigenvalue weighted by Gasteiger charge is -2.28. The van der Waals surface area contributed by atoms with Crippen molar-refractivity contribution in [3.8, 4) is 5.75 Å². The molecule has 0 spiro atoms. The van der Waals surface area contributed by atoms with Crippen LogP contribution >= 0.6 is 0 Å². The van der Waals surface area contributed by atoms with E-state index in [0.717, 1.165) is 48.5 Å². The van der Waals surface area contributed by atoms with Crippen molar-refractivity contribution in [2.24, 2.45) is 0 Å². The van der Waals surface area contributed by atoms with Crippen molar-refractivity contribution in [1.82, 2.24) is 0 Å². The molecule has 0 aromatic heterocycles. The molecule has 3 aromatic rings. The maximum atomic E-state index is 14.5. The second kappa shape index (κ2) is 18.4. The van der Waals surface area contributed by atoms with Crippen molar-refractivity contribution in [2.75, 3.05) is 40.8 Å². The van der Waals surface area contributed by atoms with E-state index < -0.39 is 65.2 Å². The van der Waals surface area contributed by atoms with Gasteiger partial charge in [0.05, 0.1) is 46.9 Å². The van der Waals surface area contributed by atoms with E-state index in [0.29, 0.717) is 5.75 Å². The average molecular weight is 691 g/mol. The van der Waals surface area contributed by atoms with Gasteiger partial charge in [-0.1, -0.05) is 0 Å². The van der Waals surface area contributed by atoms with Crippen molar-refractivity contribution in [1.29, 1.82) is 0 Å². The first-order chi connectivity index (χ1) is 23.4. The largest absolute Gasteiger partial charge is 0.497 e. The summed E-state index contributed by atoms with van der Waals surface area (Å²) in [5, 5.41) is 22.1. The third kappa shape index (κ3) is 11.0. The van der Waals surface area contributed by atoms with Gasteiger partial charge >= 0.3 is 24.0 Å². The highest BCUT2D eigenvalue weighted by atomic mass is 19.3. The third-order valence-corrected chi connectivity index (χ3v) is 6.34. The maximum Gasteiger partial charge on any atom is 0.338 e. The van der Waals surface area contributed by atoms with Crippen LogP contribution in [0.15, 0.2) is 84.6 Å². The zero-order valence-electron chi connectivity index (χ0n) is 25.8. The summed E-state index contributed by atoms with van der Waals surface area (Å²) in [5.74, 6) is -4.51. The van der Waals surface area contributed by atoms with Crippen LogP contribution in [0.3, 0.4) is 0 Å². The van der Waals surface area contributed by atoms with E-state index in [2.05, 4.69) is 0 Å². The van der Waals surface area contributed by atoms with E-state index in [-0.39, 0.29) is 41.3 Å². The molecule has 0 unspecified atom stereocenters. The fourth-order valence-corrected chi connectivity index (χ4v) is 3.83. The quantitative estimate of drug-likeness (QED) is 0.0333. The molecule has 0 bridgehead atoms. The molecule has 0 saturated carbocycles. The first-order valence-electron chi connectivity index (χ1n) is 13.9. The molecule has 0 N–H and O–H groups in total. The van der Waals surface area contributed by atoms with Crippen LogP contribution in [-0.2, 0) is 28.4 Å². The number of rotatable bonds is 18. The predicted molar refractivity (Wildman–Crippen MR) is 161 cm³/mol. The molecule has 2 atom stereocenters. The fourth-order valence-electron chi connectivity index (χ4n) is 3.83. The molecule has 0 heterocycles. The van der Waals surface area contributed by atoms with Crippen LogP contribution in [0.2, 0.25) is 0 Å². The number of nitrogens with zero attached hydrogens (tertiary/aromatic N) is 2. The molecular weight excluding hydrogens is 662 g/mol. The summed E-state index contributed by atoms with van der Waals surface area (Å²) >= 11 is 0. The number of benzene rings is 3. The monoisotopic (exact) mass is 690 g/mol. The topological polar surface area (TPSA) is 202 Å². The molecule has 0 radical (unpaired) electrons. The van der Waals surface area contributed by atoms with Gasteiger partial charge < -0.3 is 33.2 Å². The molecule has 49 heavy (non-hydrogen) atoms. The van der Waals surface area contributed by atoms with Crippen LogP contribution in [0.25, 0.3) is 0 Å². The first kappa shape index (κ1) is 37.4. The van der Waals surface area contributed by atoms with Gasteiger partial charge in [-0.25, -0.2) is 14.4 Å². The smallest absolute Gasteiger partial charge is 0.338 e. The second-order valence-electron chi connectivity index (χ2n) is 9.49. The van der Waals surface area contributed by atoms with Gasteiger partial charge in [0.1, 0.15) is 12.4 Å². The summed E-state index contributed by atoms with van der Waals surface area (Å²) in [7, 11) is 2.76. The summed E-state index contributed by atoms with van der Waals surface area (Å²) < 4.78 is 65.0. The van der Waals surface area contributed by atoms with Gasteiger partial charge in [0.2, 0.25) is 11.9 Å². The highest BCUT2D eigenvalue weighted by molar-refractivity contribution is 5.91. The number of nitro benzene ring substituents is 2. The standard InChI is InChI=1S/C31H28F2N2O14/c1-43-15-16-45-18-47-27(28(32)33)26(49-31(38)21-5-11-23(12-6-21)35(41)42)25(17-46-29(36)19-7-13-24(44-2)14-8-19)48-30(37)20-3-9-22(10-4-20)34(39)40/h3-14,25-26H,15-18H2,1-2H3/t25-,26+/m1/s1. The molecule has 260 valence electrons. The minimum Gasteiger partial charge on any atom is -0.497 e. The zero-order chi connectivity index (χ0) is 35.9. The molecule has 0 fully saturated rings. The Labute approximate surface area is 276 Å². The molecule has 0 aliphatic heterocycles. The van der Waals surface area contributed by atoms with Crippen LogP contribution in [0, 0.1) is 20.2 Å². The molecule has 3 aromatic carbocycles. The average Bonchev–Trinajstić information content (AvgIpc) is 3.10. The van der Waals surface area contributed by atoms with Crippen LogP contribution in [0.1, 0.15) is 31.1 Å². The normalized spacial score (nSPS) is 11.8. The summed E-state index contributed by atoms with van der Waals surface area (Å²) in [6.45, 7) is -1.85. The molecule has 0 saturated heterocycles. The Balaban J connectivity index is 2.01. The van der Waals surface area contributed by atoms with Crippen LogP contribution < -0.4 is 4.74 Å². The van der Waals surface area contributed by atoms with Crippen molar-refractivity contribution in [3.05, 3.63) is 122 Å². The Morgan fingerprint density at radius 1 is 0.694 bits per heavy atom. The van der Waals surface area contributed by atoms with E-state index >= 15 is 0 Å². The highest BCUT2D eigenvalue weighted by Crippen LogP contribution is 2.26. The number of halogens is 2. The number of carbonyl (C=O) groups excluding carboxylic acids is 3. The van der Waals surface area contributed by atoms with Gasteiger partial charge in [0.25, 0.3) is 11.4 Å². The number of esters is 3. The number of ether oxygens (including phenoxy) is 7. The molecular formula is C31H28F2N2O14. The van der Waals surface area contributed by atoms with Crippen molar-refractivity contribution < 1.29 is 66.2 Å². The first-order valence-corrected chi connectivity index (χ1v) is 13.9. The molecule has 0 aliphatic carbocycles. The van der Waals surface area contributed by atoms with Crippen molar-refractivity contribution in [3.63, 3.8) is 0 Å². The lowest BCUT2D eigenvalue weighted by atomic mass is 10.1. The van der Waals surface area contributed by atoms with Crippen LogP contribution in [0.5, 0.6) is 5.75 Å². The van der Waals surface area contributed by atoms with E-state index in [9.17, 15) is 43.4 Å². The minimum atomic E-state index is -2.55. The van der Waals surface area contributed by atoms with Crippen LogP contribution in [-0.4, -0.2) is 80.8 Å². The Bertz CT molecular complexity index is 1640. The van der Waals surface area contributed by atoms with Crippen LogP contribution in [0.4, 0.5) is 20.2 Å². The van der Waals surface area contributed by atoms with Gasteiger partial charge in [-0.15, -0.1) is 0 Å². The van der Waals surface area contributed by atoms with Crippen molar-refractivity contribution >= 4 is 29.3 Å². The lowest BCUT2D eigenvalue weighted by Crippen LogP contribution is -2.41. The number of carbonyl (C=O) groups is 3. The van der Waals surface area contributed by atoms with E-state index in [1.165, 1.54) is 38.5 Å². The third-order valence-electron chi connectivity index (χ3n) is 6.34. The highest BCUT2D eigenvalue weighted by Gasteiger charge is 2.38. The van der Waals surface area contributed by atoms with E-state index in [1.54, 1.807) is 0 Å². The van der Waals surface area contributed by atoms with Gasteiger partial charge in [-0.05, 0) is 48.5 Å². The molecule has 18 heteroatoms. The number of nitro groups is 2. The fraction of sp³-hybridized carbons (Fsp3) is 0.258. The molecule has 0 aliphatic rings. The summed E-state index contributed by atoms with van der Waals surface area (Å²) in [4.78, 5) is 59.9. The van der Waals surface area contributed by atoms with Gasteiger partial charge in [0, 0.05) is 31.4 Å². The number of methoxy groups -OCH3 is 2. The lowest BCUT2D eigenvalue weighted by molar-refractivity contribution is -0.385. The second-order valence-corrected chi connectivity index (χ2v) is 9.49.